The average Bonchev–Trinajstić information content (AvgIpc) is 2.48. The minimum Gasteiger partial charge on any atom is -0.349 e. The van der Waals surface area contributed by atoms with Gasteiger partial charge in [-0.15, -0.1) is 0 Å². The fraction of sp³-hybridized carbons (Fsp3) is 0.611. The maximum absolute atomic E-state index is 12.5. The van der Waals surface area contributed by atoms with Crippen LogP contribution in [0.2, 0.25) is 5.02 Å². The molecular formula is C18H26ClN2O+. The molecule has 0 aromatic heterocycles. The third-order valence-electron chi connectivity index (χ3n) is 5.28. The van der Waals surface area contributed by atoms with Crippen LogP contribution < -0.4 is 10.2 Å². The summed E-state index contributed by atoms with van der Waals surface area (Å²) in [5.41, 5.74) is 0.595. The van der Waals surface area contributed by atoms with Gasteiger partial charge in [0, 0.05) is 18.9 Å². The molecule has 3 rings (SSSR count). The Bertz CT molecular complexity index is 520. The summed E-state index contributed by atoms with van der Waals surface area (Å²) in [7, 11) is 0. The van der Waals surface area contributed by atoms with Gasteiger partial charge in [0.05, 0.1) is 29.2 Å². The number of halogens is 1. The number of quaternary nitrogens is 1. The van der Waals surface area contributed by atoms with Gasteiger partial charge in [-0.1, -0.05) is 30.7 Å². The fourth-order valence-corrected chi connectivity index (χ4v) is 4.58. The number of benzene rings is 1. The SMILES string of the molecule is CCC[NH+]1[C@@H]2CCC[C@H]1CC(NC(=O)c1ccccc1Cl)C2. The minimum atomic E-state index is -0.0207. The third-order valence-corrected chi connectivity index (χ3v) is 5.61. The Morgan fingerprint density at radius 2 is 1.95 bits per heavy atom. The molecule has 0 spiro atoms. The number of hydrogen-bond acceptors (Lipinski definition) is 1. The number of hydrogen-bond donors (Lipinski definition) is 2. The van der Waals surface area contributed by atoms with Crippen molar-refractivity contribution >= 4 is 17.5 Å². The van der Waals surface area contributed by atoms with Gasteiger partial charge in [-0.05, 0) is 37.8 Å². The summed E-state index contributed by atoms with van der Waals surface area (Å²) in [6, 6.07) is 9.06. The normalized spacial score (nSPS) is 30.8. The Kier molecular flexibility index (Phi) is 5.04. The molecule has 1 aromatic rings. The zero-order chi connectivity index (χ0) is 15.5. The molecule has 2 aliphatic rings. The Morgan fingerprint density at radius 1 is 1.27 bits per heavy atom. The second-order valence-electron chi connectivity index (χ2n) is 6.77. The lowest BCUT2D eigenvalue weighted by Crippen LogP contribution is -3.21. The third kappa shape index (κ3) is 3.31. The molecule has 3 nitrogen and oxygen atoms in total. The molecule has 1 aromatic carbocycles. The van der Waals surface area contributed by atoms with Crippen LogP contribution in [-0.4, -0.2) is 30.6 Å². The van der Waals surface area contributed by atoms with Crippen molar-refractivity contribution in [2.24, 2.45) is 0 Å². The van der Waals surface area contributed by atoms with Crippen molar-refractivity contribution in [3.8, 4) is 0 Å². The molecule has 2 saturated heterocycles. The Hall–Kier alpha value is -1.06. The van der Waals surface area contributed by atoms with E-state index < -0.39 is 0 Å². The molecule has 1 amide bonds. The van der Waals surface area contributed by atoms with Crippen molar-refractivity contribution < 1.29 is 9.69 Å². The van der Waals surface area contributed by atoms with Crippen LogP contribution in [0.15, 0.2) is 24.3 Å². The first-order chi connectivity index (χ1) is 10.7. The number of piperidine rings is 2. The first-order valence-corrected chi connectivity index (χ1v) is 8.97. The molecule has 2 unspecified atom stereocenters. The van der Waals surface area contributed by atoms with Gasteiger partial charge < -0.3 is 10.2 Å². The quantitative estimate of drug-likeness (QED) is 0.877. The van der Waals surface area contributed by atoms with Crippen LogP contribution in [0.1, 0.15) is 55.8 Å². The number of rotatable bonds is 4. The largest absolute Gasteiger partial charge is 0.349 e. The average molecular weight is 322 g/mol. The number of carbonyl (C=O) groups excluding carboxylic acids is 1. The summed E-state index contributed by atoms with van der Waals surface area (Å²) in [6.07, 6.45) is 7.45. The molecule has 0 radical (unpaired) electrons. The lowest BCUT2D eigenvalue weighted by Gasteiger charge is -2.46. The zero-order valence-corrected chi connectivity index (χ0v) is 14.0. The van der Waals surface area contributed by atoms with Gasteiger partial charge in [0.25, 0.3) is 5.91 Å². The molecule has 4 atom stereocenters. The van der Waals surface area contributed by atoms with E-state index in [1.165, 1.54) is 32.2 Å². The van der Waals surface area contributed by atoms with Gasteiger partial charge in [0.15, 0.2) is 0 Å². The minimum absolute atomic E-state index is 0.0207. The summed E-state index contributed by atoms with van der Waals surface area (Å²) in [5, 5.41) is 3.77. The lowest BCUT2D eigenvalue weighted by atomic mass is 9.81. The molecule has 0 aliphatic carbocycles. The van der Waals surface area contributed by atoms with Crippen LogP contribution in [0.3, 0.4) is 0 Å². The molecule has 120 valence electrons. The van der Waals surface area contributed by atoms with E-state index in [1.807, 2.05) is 12.1 Å². The maximum Gasteiger partial charge on any atom is 0.253 e. The summed E-state index contributed by atoms with van der Waals surface area (Å²) in [6.45, 7) is 3.55. The van der Waals surface area contributed by atoms with Crippen LogP contribution in [0.25, 0.3) is 0 Å². The molecule has 2 aliphatic heterocycles. The number of nitrogens with one attached hydrogen (secondary N) is 2. The van der Waals surface area contributed by atoms with Crippen molar-refractivity contribution in [2.45, 2.75) is 63.6 Å². The predicted octanol–water partition coefficient (Wildman–Crippen LogP) is 2.45. The number of amides is 1. The maximum atomic E-state index is 12.5. The second-order valence-corrected chi connectivity index (χ2v) is 7.18. The first-order valence-electron chi connectivity index (χ1n) is 8.60. The summed E-state index contributed by atoms with van der Waals surface area (Å²) < 4.78 is 0. The van der Waals surface area contributed by atoms with E-state index in [4.69, 9.17) is 11.6 Å². The molecule has 0 saturated carbocycles. The summed E-state index contributed by atoms with van der Waals surface area (Å²) >= 11 is 6.13. The topological polar surface area (TPSA) is 33.5 Å². The van der Waals surface area contributed by atoms with E-state index in [0.717, 1.165) is 24.9 Å². The highest BCUT2D eigenvalue weighted by molar-refractivity contribution is 6.33. The van der Waals surface area contributed by atoms with E-state index in [0.29, 0.717) is 16.6 Å². The summed E-state index contributed by atoms with van der Waals surface area (Å²) in [4.78, 5) is 14.2. The van der Waals surface area contributed by atoms with Crippen molar-refractivity contribution in [2.75, 3.05) is 6.54 Å². The van der Waals surface area contributed by atoms with E-state index in [1.54, 1.807) is 17.0 Å². The van der Waals surface area contributed by atoms with E-state index in [9.17, 15) is 4.79 Å². The van der Waals surface area contributed by atoms with Crippen LogP contribution in [0.4, 0.5) is 0 Å². The molecule has 22 heavy (non-hydrogen) atoms. The van der Waals surface area contributed by atoms with Crippen LogP contribution in [0, 0.1) is 0 Å². The zero-order valence-electron chi connectivity index (χ0n) is 13.3. The van der Waals surface area contributed by atoms with Crippen molar-refractivity contribution in [3.63, 3.8) is 0 Å². The first kappa shape index (κ1) is 15.8. The van der Waals surface area contributed by atoms with Gasteiger partial charge in [-0.2, -0.15) is 0 Å². The highest BCUT2D eigenvalue weighted by Gasteiger charge is 2.41. The standard InChI is InChI=1S/C18H25ClN2O/c1-2-10-21-14-6-5-7-15(21)12-13(11-14)20-18(22)16-8-3-4-9-17(16)19/h3-4,8-9,13-15H,2,5-7,10-12H2,1H3,(H,20,22)/p+1/t13?,14-,15+. The number of carbonyl (C=O) groups is 1. The van der Waals surface area contributed by atoms with Crippen molar-refractivity contribution in [1.29, 1.82) is 0 Å². The van der Waals surface area contributed by atoms with Crippen molar-refractivity contribution in [1.82, 2.24) is 5.32 Å². The van der Waals surface area contributed by atoms with Gasteiger partial charge in [0.1, 0.15) is 0 Å². The van der Waals surface area contributed by atoms with Gasteiger partial charge in [-0.3, -0.25) is 4.79 Å². The Balaban J connectivity index is 1.65. The molecule has 4 heteroatoms. The second kappa shape index (κ2) is 7.01. The molecule has 2 N–H and O–H groups in total. The molecular weight excluding hydrogens is 296 g/mol. The van der Waals surface area contributed by atoms with Gasteiger partial charge >= 0.3 is 0 Å². The predicted molar refractivity (Wildman–Crippen MR) is 89.5 cm³/mol. The molecule has 2 fully saturated rings. The molecule has 2 bridgehead atoms. The smallest absolute Gasteiger partial charge is 0.253 e. The Morgan fingerprint density at radius 3 is 2.59 bits per heavy atom. The van der Waals surface area contributed by atoms with Gasteiger partial charge in [-0.25, -0.2) is 0 Å². The van der Waals surface area contributed by atoms with Crippen LogP contribution in [-0.2, 0) is 0 Å². The fourth-order valence-electron chi connectivity index (χ4n) is 4.36. The number of fused-ring (bicyclic) bond motifs is 2. The van der Waals surface area contributed by atoms with Crippen molar-refractivity contribution in [3.05, 3.63) is 34.9 Å². The summed E-state index contributed by atoms with van der Waals surface area (Å²) in [5.74, 6) is -0.0207. The lowest BCUT2D eigenvalue weighted by molar-refractivity contribution is -0.961. The Labute approximate surface area is 138 Å². The van der Waals surface area contributed by atoms with E-state index in [2.05, 4.69) is 12.2 Å². The molecule has 2 heterocycles. The highest BCUT2D eigenvalue weighted by Crippen LogP contribution is 2.23. The van der Waals surface area contributed by atoms with E-state index >= 15 is 0 Å². The highest BCUT2D eigenvalue weighted by atomic mass is 35.5. The van der Waals surface area contributed by atoms with Crippen LogP contribution >= 0.6 is 11.6 Å². The van der Waals surface area contributed by atoms with Crippen LogP contribution in [0.5, 0.6) is 0 Å². The van der Waals surface area contributed by atoms with E-state index in [-0.39, 0.29) is 5.91 Å². The monoisotopic (exact) mass is 321 g/mol. The van der Waals surface area contributed by atoms with Gasteiger partial charge in [0.2, 0.25) is 0 Å².